The van der Waals surface area contributed by atoms with Crippen molar-refractivity contribution in [3.8, 4) is 0 Å². The van der Waals surface area contributed by atoms with Gasteiger partial charge in [-0.25, -0.2) is 4.39 Å². The molecule has 1 amide bonds. The molecule has 0 saturated heterocycles. The molecule has 102 valence electrons. The fourth-order valence-corrected chi connectivity index (χ4v) is 1.55. The second kappa shape index (κ2) is 5.92. The van der Waals surface area contributed by atoms with Gasteiger partial charge in [-0.3, -0.25) is 14.4 Å². The van der Waals surface area contributed by atoms with E-state index in [-0.39, 0.29) is 23.5 Å². The van der Waals surface area contributed by atoms with Gasteiger partial charge in [-0.2, -0.15) is 0 Å². The molecule has 2 N–H and O–H groups in total. The minimum Gasteiger partial charge on any atom is -0.345 e. The lowest BCUT2D eigenvalue weighted by atomic mass is 10.1. The molecule has 2 rings (SSSR count). The second-order valence-electron chi connectivity index (χ2n) is 4.05. The predicted octanol–water partition coefficient (Wildman–Crippen LogP) is 1.13. The summed E-state index contributed by atoms with van der Waals surface area (Å²) in [5.41, 5.74) is 0.244. The molecule has 0 fully saturated rings. The zero-order valence-corrected chi connectivity index (χ0v) is 10.4. The molecule has 0 spiro atoms. The van der Waals surface area contributed by atoms with Gasteiger partial charge in [0.05, 0.1) is 12.1 Å². The minimum atomic E-state index is -0.475. The first kappa shape index (κ1) is 13.7. The molecule has 1 aromatic carbocycles. The van der Waals surface area contributed by atoms with Crippen LogP contribution in [0.1, 0.15) is 20.7 Å². The van der Waals surface area contributed by atoms with Gasteiger partial charge in [0.15, 0.2) is 5.78 Å². The number of ketones is 1. The molecular weight excluding hydrogens is 263 g/mol. The molecule has 0 aliphatic heterocycles. The summed E-state index contributed by atoms with van der Waals surface area (Å²) in [5.74, 6) is -1.24. The van der Waals surface area contributed by atoms with Crippen LogP contribution in [-0.2, 0) is 0 Å². The lowest BCUT2D eigenvalue weighted by molar-refractivity contribution is 0.0904. The Labute approximate surface area is 113 Å². The summed E-state index contributed by atoms with van der Waals surface area (Å²) < 4.78 is 12.7. The van der Waals surface area contributed by atoms with Crippen LogP contribution in [0, 0.1) is 5.82 Å². The summed E-state index contributed by atoms with van der Waals surface area (Å²) in [6.45, 7) is -0.205. The lowest BCUT2D eigenvalue weighted by Gasteiger charge is -2.04. The van der Waals surface area contributed by atoms with Crippen molar-refractivity contribution in [2.24, 2.45) is 0 Å². The summed E-state index contributed by atoms with van der Waals surface area (Å²) in [7, 11) is 0. The average Bonchev–Trinajstić information content (AvgIpc) is 2.46. The van der Waals surface area contributed by atoms with Crippen molar-refractivity contribution in [2.45, 2.75) is 0 Å². The van der Waals surface area contributed by atoms with E-state index < -0.39 is 11.7 Å². The number of hydrogen-bond acceptors (Lipinski definition) is 3. The highest BCUT2D eigenvalue weighted by Gasteiger charge is 2.09. The lowest BCUT2D eigenvalue weighted by Crippen LogP contribution is -2.30. The number of amides is 1. The summed E-state index contributed by atoms with van der Waals surface area (Å²) in [5, 5.41) is 2.43. The monoisotopic (exact) mass is 274 g/mol. The van der Waals surface area contributed by atoms with E-state index in [1.54, 1.807) is 0 Å². The Morgan fingerprint density at radius 3 is 2.30 bits per heavy atom. The van der Waals surface area contributed by atoms with E-state index in [1.165, 1.54) is 42.6 Å². The van der Waals surface area contributed by atoms with E-state index >= 15 is 0 Å². The van der Waals surface area contributed by atoms with Gasteiger partial charge in [0, 0.05) is 17.8 Å². The summed E-state index contributed by atoms with van der Waals surface area (Å²) in [6.07, 6.45) is 1.26. The maximum Gasteiger partial charge on any atom is 0.253 e. The Morgan fingerprint density at radius 2 is 1.70 bits per heavy atom. The summed E-state index contributed by atoms with van der Waals surface area (Å²) in [4.78, 5) is 36.7. The molecule has 5 nitrogen and oxygen atoms in total. The van der Waals surface area contributed by atoms with E-state index in [2.05, 4.69) is 10.3 Å². The van der Waals surface area contributed by atoms with E-state index in [4.69, 9.17) is 0 Å². The van der Waals surface area contributed by atoms with Gasteiger partial charge in [-0.1, -0.05) is 0 Å². The second-order valence-corrected chi connectivity index (χ2v) is 4.05. The molecule has 0 aliphatic carbocycles. The molecule has 0 saturated carbocycles. The van der Waals surface area contributed by atoms with Crippen LogP contribution in [0.2, 0.25) is 0 Å². The number of pyridine rings is 1. The van der Waals surface area contributed by atoms with Crippen molar-refractivity contribution >= 4 is 11.7 Å². The summed E-state index contributed by atoms with van der Waals surface area (Å²) >= 11 is 0. The van der Waals surface area contributed by atoms with Gasteiger partial charge >= 0.3 is 0 Å². The molecule has 1 heterocycles. The quantitative estimate of drug-likeness (QED) is 0.820. The average molecular weight is 274 g/mol. The van der Waals surface area contributed by atoms with Gasteiger partial charge in [0.2, 0.25) is 5.56 Å². The number of nitrogens with one attached hydrogen (secondary N) is 2. The van der Waals surface area contributed by atoms with Gasteiger partial charge in [0.1, 0.15) is 5.82 Å². The van der Waals surface area contributed by atoms with Gasteiger partial charge in [-0.05, 0) is 30.3 Å². The third-order valence-corrected chi connectivity index (χ3v) is 2.62. The van der Waals surface area contributed by atoms with E-state index in [0.717, 1.165) is 0 Å². The van der Waals surface area contributed by atoms with Crippen LogP contribution in [-0.4, -0.2) is 23.2 Å². The van der Waals surface area contributed by atoms with E-state index in [0.29, 0.717) is 5.56 Å². The maximum atomic E-state index is 12.7. The van der Waals surface area contributed by atoms with Gasteiger partial charge < -0.3 is 10.3 Å². The zero-order chi connectivity index (χ0) is 14.5. The van der Waals surface area contributed by atoms with E-state index in [9.17, 15) is 18.8 Å². The SMILES string of the molecule is O=C(CNC(=O)c1ccc(=O)[nH]c1)c1ccc(F)cc1. The number of benzene rings is 1. The Bertz CT molecular complexity index is 672. The first-order chi connectivity index (χ1) is 9.56. The molecule has 20 heavy (non-hydrogen) atoms. The fourth-order valence-electron chi connectivity index (χ4n) is 1.55. The maximum absolute atomic E-state index is 12.7. The topological polar surface area (TPSA) is 79.0 Å². The summed E-state index contributed by atoms with van der Waals surface area (Å²) in [6, 6.07) is 7.63. The number of hydrogen-bond donors (Lipinski definition) is 2. The van der Waals surface area contributed by atoms with Crippen molar-refractivity contribution < 1.29 is 14.0 Å². The third kappa shape index (κ3) is 3.38. The van der Waals surface area contributed by atoms with Crippen LogP contribution in [0.15, 0.2) is 47.4 Å². The fraction of sp³-hybridized carbons (Fsp3) is 0.0714. The highest BCUT2D eigenvalue weighted by atomic mass is 19.1. The molecule has 0 unspecified atom stereocenters. The smallest absolute Gasteiger partial charge is 0.253 e. The number of rotatable bonds is 4. The van der Waals surface area contributed by atoms with Crippen LogP contribution in [0.5, 0.6) is 0 Å². The van der Waals surface area contributed by atoms with Gasteiger partial charge in [0.25, 0.3) is 5.91 Å². The van der Waals surface area contributed by atoms with E-state index in [1.807, 2.05) is 0 Å². The Morgan fingerprint density at radius 1 is 1.05 bits per heavy atom. The van der Waals surface area contributed by atoms with Crippen LogP contribution in [0.4, 0.5) is 4.39 Å². The van der Waals surface area contributed by atoms with Crippen LogP contribution < -0.4 is 10.9 Å². The number of Topliss-reactive ketones (excluding diaryl/α,β-unsaturated/α-hetero) is 1. The molecule has 1 aromatic heterocycles. The predicted molar refractivity (Wildman–Crippen MR) is 70.1 cm³/mol. The third-order valence-electron chi connectivity index (χ3n) is 2.62. The largest absolute Gasteiger partial charge is 0.345 e. The molecule has 0 aliphatic rings. The number of carbonyl (C=O) groups excluding carboxylic acids is 2. The minimum absolute atomic E-state index is 0.205. The molecule has 6 heteroatoms. The Kier molecular flexibility index (Phi) is 4.05. The van der Waals surface area contributed by atoms with Crippen molar-refractivity contribution in [2.75, 3.05) is 6.54 Å². The zero-order valence-electron chi connectivity index (χ0n) is 10.4. The van der Waals surface area contributed by atoms with Crippen molar-refractivity contribution in [3.05, 3.63) is 69.9 Å². The Hall–Kier alpha value is -2.76. The molecular formula is C14H11FN2O3. The number of carbonyl (C=O) groups is 2. The number of H-pyrrole nitrogens is 1. The normalized spacial score (nSPS) is 10.1. The van der Waals surface area contributed by atoms with Crippen molar-refractivity contribution in [1.82, 2.24) is 10.3 Å². The highest BCUT2D eigenvalue weighted by Crippen LogP contribution is 2.03. The Balaban J connectivity index is 1.96. The van der Waals surface area contributed by atoms with Crippen molar-refractivity contribution in [3.63, 3.8) is 0 Å². The highest BCUT2D eigenvalue weighted by molar-refractivity contribution is 6.01. The first-order valence-corrected chi connectivity index (χ1v) is 5.82. The molecule has 0 atom stereocenters. The standard InChI is InChI=1S/C14H11FN2O3/c15-11-4-1-9(2-5-11)12(18)8-17-14(20)10-3-6-13(19)16-7-10/h1-7H,8H2,(H,16,19)(H,17,20). The van der Waals surface area contributed by atoms with Crippen LogP contribution >= 0.6 is 0 Å². The van der Waals surface area contributed by atoms with Gasteiger partial charge in [-0.15, -0.1) is 0 Å². The number of aromatic amines is 1. The molecule has 2 aromatic rings. The molecule has 0 bridgehead atoms. The van der Waals surface area contributed by atoms with Crippen molar-refractivity contribution in [1.29, 1.82) is 0 Å². The number of aromatic nitrogens is 1. The molecule has 0 radical (unpaired) electrons. The van der Waals surface area contributed by atoms with Crippen LogP contribution in [0.25, 0.3) is 0 Å². The first-order valence-electron chi connectivity index (χ1n) is 5.82. The number of halogens is 1. The van der Waals surface area contributed by atoms with Crippen LogP contribution in [0.3, 0.4) is 0 Å².